The number of halogens is 3. The first kappa shape index (κ1) is 22.4. The van der Waals surface area contributed by atoms with Gasteiger partial charge in [-0.3, -0.25) is 19.3 Å². The molecule has 2 amide bonds. The summed E-state index contributed by atoms with van der Waals surface area (Å²) in [7, 11) is 1.36. The topological polar surface area (TPSA) is 93.9 Å². The Morgan fingerprint density at radius 3 is 1.39 bits per heavy atom. The Kier molecular flexibility index (Phi) is 8.02. The van der Waals surface area contributed by atoms with Crippen LogP contribution in [-0.2, 0) is 0 Å². The van der Waals surface area contributed by atoms with Crippen LogP contribution in [0, 0.1) is 0 Å². The van der Waals surface area contributed by atoms with E-state index in [-0.39, 0.29) is 17.3 Å². The number of Topliss-reactive ketones (excluding diaryl/α,β-unsaturated/α-hetero) is 1. The second-order valence-corrected chi connectivity index (χ2v) is 7.60. The van der Waals surface area contributed by atoms with Crippen molar-refractivity contribution in [3.8, 4) is 0 Å². The minimum atomic E-state index is -0.543. The third kappa shape index (κ3) is 5.79. The van der Waals surface area contributed by atoms with Gasteiger partial charge in [-0.15, -0.1) is 0 Å². The normalized spacial score (nSPS) is 10.2. The quantitative estimate of drug-likeness (QED) is 0.280. The summed E-state index contributed by atoms with van der Waals surface area (Å²) in [5.41, 5.74) is 0. The highest BCUT2D eigenvalue weighted by molar-refractivity contribution is 9.10. The molecule has 3 heterocycles. The van der Waals surface area contributed by atoms with Crippen LogP contribution in [0.15, 0.2) is 63.7 Å². The van der Waals surface area contributed by atoms with Crippen molar-refractivity contribution in [2.45, 2.75) is 13.3 Å². The molecular weight excluding hydrogens is 566 g/mol. The molecule has 148 valence electrons. The minimum Gasteiger partial charge on any atom is -0.446 e. The molecule has 0 bridgehead atoms. The number of furan rings is 3. The van der Waals surface area contributed by atoms with Crippen LogP contribution in [0.3, 0.4) is 0 Å². The van der Waals surface area contributed by atoms with Gasteiger partial charge in [-0.05, 0) is 84.2 Å². The van der Waals surface area contributed by atoms with Crippen molar-refractivity contribution in [1.29, 1.82) is 0 Å². The zero-order chi connectivity index (χ0) is 20.8. The SMILES string of the molecule is CCC(=O)c1ccc(Br)o1.CN(C(=O)c1ccc(Br)o1)C(=O)c1ccc(Br)o1. The molecule has 0 atom stereocenters. The van der Waals surface area contributed by atoms with Gasteiger partial charge in [0.2, 0.25) is 0 Å². The summed E-state index contributed by atoms with van der Waals surface area (Å²) in [5, 5.41) is 0. The van der Waals surface area contributed by atoms with Gasteiger partial charge in [-0.2, -0.15) is 0 Å². The largest absolute Gasteiger partial charge is 0.446 e. The smallest absolute Gasteiger partial charge is 0.296 e. The van der Waals surface area contributed by atoms with E-state index in [0.29, 0.717) is 26.2 Å². The second kappa shape index (κ2) is 10.0. The summed E-state index contributed by atoms with van der Waals surface area (Å²) in [6, 6.07) is 9.49. The van der Waals surface area contributed by atoms with Gasteiger partial charge in [0.05, 0.1) is 0 Å². The molecule has 0 saturated carbocycles. The van der Waals surface area contributed by atoms with Crippen molar-refractivity contribution < 1.29 is 27.6 Å². The highest BCUT2D eigenvalue weighted by atomic mass is 79.9. The lowest BCUT2D eigenvalue weighted by Crippen LogP contribution is -2.32. The van der Waals surface area contributed by atoms with Gasteiger partial charge >= 0.3 is 0 Å². The number of hydrogen-bond donors (Lipinski definition) is 0. The molecular formula is C18H14Br3NO6. The molecule has 0 aliphatic carbocycles. The van der Waals surface area contributed by atoms with E-state index in [4.69, 9.17) is 13.3 Å². The molecule has 3 aromatic rings. The number of amides is 2. The molecule has 0 spiro atoms. The van der Waals surface area contributed by atoms with Crippen molar-refractivity contribution in [3.05, 3.63) is 67.7 Å². The van der Waals surface area contributed by atoms with Gasteiger partial charge in [0, 0.05) is 13.5 Å². The molecule has 0 aliphatic rings. The first-order valence-corrected chi connectivity index (χ1v) is 10.2. The number of hydrogen-bond acceptors (Lipinski definition) is 6. The molecule has 3 aromatic heterocycles. The van der Waals surface area contributed by atoms with Gasteiger partial charge in [-0.25, -0.2) is 0 Å². The molecule has 7 nitrogen and oxygen atoms in total. The fraction of sp³-hybridized carbons (Fsp3) is 0.167. The van der Waals surface area contributed by atoms with Gasteiger partial charge in [0.25, 0.3) is 11.8 Å². The minimum absolute atomic E-state index is 0.0331. The number of nitrogens with zero attached hydrogens (tertiary/aromatic N) is 1. The predicted molar refractivity (Wildman–Crippen MR) is 110 cm³/mol. The summed E-state index contributed by atoms with van der Waals surface area (Å²) in [5.74, 6) is -0.483. The van der Waals surface area contributed by atoms with Gasteiger partial charge in [0.15, 0.2) is 37.1 Å². The zero-order valence-corrected chi connectivity index (χ0v) is 19.5. The van der Waals surface area contributed by atoms with Crippen molar-refractivity contribution in [2.24, 2.45) is 0 Å². The highest BCUT2D eigenvalue weighted by Crippen LogP contribution is 2.19. The van der Waals surface area contributed by atoms with Crippen LogP contribution in [0.5, 0.6) is 0 Å². The third-order valence-corrected chi connectivity index (χ3v) is 4.62. The van der Waals surface area contributed by atoms with Gasteiger partial charge < -0.3 is 13.3 Å². The van der Waals surface area contributed by atoms with Gasteiger partial charge in [-0.1, -0.05) is 6.92 Å². The summed E-state index contributed by atoms with van der Waals surface area (Å²) in [6.45, 7) is 1.80. The predicted octanol–water partition coefficient (Wildman–Crippen LogP) is 5.94. The van der Waals surface area contributed by atoms with E-state index in [1.165, 1.54) is 19.2 Å². The monoisotopic (exact) mass is 577 g/mol. The van der Waals surface area contributed by atoms with Crippen LogP contribution in [-0.4, -0.2) is 29.5 Å². The van der Waals surface area contributed by atoms with E-state index < -0.39 is 11.8 Å². The number of carbonyl (C=O) groups excluding carboxylic acids is 3. The maximum Gasteiger partial charge on any atom is 0.296 e. The summed E-state index contributed by atoms with van der Waals surface area (Å²) in [4.78, 5) is 35.7. The highest BCUT2D eigenvalue weighted by Gasteiger charge is 2.24. The van der Waals surface area contributed by atoms with E-state index in [1.54, 1.807) is 31.2 Å². The molecule has 28 heavy (non-hydrogen) atoms. The Bertz CT molecular complexity index is 935. The lowest BCUT2D eigenvalue weighted by molar-refractivity contribution is 0.0616. The molecule has 3 rings (SSSR count). The standard InChI is InChI=1S/C11H7Br2NO4.C7H7BrO2/c1-14(10(15)6-2-4-8(12)17-6)11(16)7-3-5-9(13)18-7;1-2-5(9)6-3-4-7(8)10-6/h2-5H,1H3;3-4H,2H2,1H3. The maximum atomic E-state index is 11.9. The Morgan fingerprint density at radius 2 is 1.11 bits per heavy atom. The lowest BCUT2D eigenvalue weighted by Gasteiger charge is -2.11. The number of carbonyl (C=O) groups is 3. The Morgan fingerprint density at radius 1 is 0.750 bits per heavy atom. The van der Waals surface area contributed by atoms with Crippen LogP contribution >= 0.6 is 47.8 Å². The summed E-state index contributed by atoms with van der Waals surface area (Å²) >= 11 is 9.29. The van der Waals surface area contributed by atoms with Crippen molar-refractivity contribution in [2.75, 3.05) is 7.05 Å². The maximum absolute atomic E-state index is 11.9. The number of imide groups is 1. The van der Waals surface area contributed by atoms with E-state index in [2.05, 4.69) is 47.8 Å². The Hall–Kier alpha value is -1.91. The van der Waals surface area contributed by atoms with E-state index in [0.717, 1.165) is 4.90 Å². The van der Waals surface area contributed by atoms with Gasteiger partial charge in [0.1, 0.15) is 0 Å². The third-order valence-electron chi connectivity index (χ3n) is 3.35. The Labute approximate surface area is 185 Å². The molecule has 0 saturated heterocycles. The molecule has 0 radical (unpaired) electrons. The molecule has 0 aromatic carbocycles. The molecule has 0 N–H and O–H groups in total. The Balaban J connectivity index is 0.000000237. The first-order chi connectivity index (χ1) is 13.2. The summed E-state index contributed by atoms with van der Waals surface area (Å²) < 4.78 is 16.6. The average Bonchev–Trinajstić information content (AvgIpc) is 3.41. The lowest BCUT2D eigenvalue weighted by atomic mass is 10.2. The molecule has 10 heteroatoms. The first-order valence-electron chi connectivity index (χ1n) is 7.84. The van der Waals surface area contributed by atoms with Crippen LogP contribution in [0.25, 0.3) is 0 Å². The zero-order valence-electron chi connectivity index (χ0n) is 14.7. The average molecular weight is 580 g/mol. The van der Waals surface area contributed by atoms with Crippen molar-refractivity contribution >= 4 is 65.4 Å². The molecule has 0 unspecified atom stereocenters. The van der Waals surface area contributed by atoms with Crippen LogP contribution in [0.2, 0.25) is 0 Å². The van der Waals surface area contributed by atoms with E-state index in [9.17, 15) is 14.4 Å². The van der Waals surface area contributed by atoms with E-state index in [1.807, 2.05) is 0 Å². The van der Waals surface area contributed by atoms with Crippen molar-refractivity contribution in [1.82, 2.24) is 4.90 Å². The molecule has 0 fully saturated rings. The van der Waals surface area contributed by atoms with Crippen LogP contribution < -0.4 is 0 Å². The van der Waals surface area contributed by atoms with Crippen LogP contribution in [0.1, 0.15) is 45.0 Å². The fourth-order valence-electron chi connectivity index (χ4n) is 1.92. The van der Waals surface area contributed by atoms with E-state index >= 15 is 0 Å². The number of ketones is 1. The number of rotatable bonds is 4. The molecule has 0 aliphatic heterocycles. The summed E-state index contributed by atoms with van der Waals surface area (Å²) in [6.07, 6.45) is 0.486. The van der Waals surface area contributed by atoms with Crippen LogP contribution in [0.4, 0.5) is 0 Å². The van der Waals surface area contributed by atoms with Crippen molar-refractivity contribution in [3.63, 3.8) is 0 Å². The second-order valence-electron chi connectivity index (χ2n) is 5.26. The fourth-order valence-corrected chi connectivity index (χ4v) is 2.84.